The van der Waals surface area contributed by atoms with Crippen LogP contribution in [0.15, 0.2) is 30.3 Å². The lowest BCUT2D eigenvalue weighted by Gasteiger charge is -2.35. The first-order chi connectivity index (χ1) is 17.5. The summed E-state index contributed by atoms with van der Waals surface area (Å²) in [5, 5.41) is 8.22. The Morgan fingerprint density at radius 2 is 1.67 bits per heavy atom. The number of hydrogen-bond acceptors (Lipinski definition) is 5. The third-order valence-electron chi connectivity index (χ3n) is 8.31. The van der Waals surface area contributed by atoms with Crippen LogP contribution in [0.1, 0.15) is 76.7 Å². The minimum atomic E-state index is 0.0846. The van der Waals surface area contributed by atoms with Crippen LogP contribution >= 0.6 is 23.8 Å². The number of rotatable bonds is 6. The van der Waals surface area contributed by atoms with Crippen molar-refractivity contribution >= 4 is 46.5 Å². The molecule has 2 N–H and O–H groups in total. The average Bonchev–Trinajstić information content (AvgIpc) is 3.39. The van der Waals surface area contributed by atoms with Crippen LogP contribution in [-0.2, 0) is 5.41 Å². The van der Waals surface area contributed by atoms with Crippen LogP contribution < -0.4 is 20.4 Å². The second kappa shape index (κ2) is 11.5. The van der Waals surface area contributed by atoms with E-state index in [9.17, 15) is 0 Å². The number of anilines is 3. The highest BCUT2D eigenvalue weighted by molar-refractivity contribution is 7.80. The van der Waals surface area contributed by atoms with Crippen LogP contribution in [-0.4, -0.2) is 47.3 Å². The fraction of sp³-hybridized carbons (Fsp3) is 0.607. The van der Waals surface area contributed by atoms with Gasteiger partial charge in [0.2, 0.25) is 5.95 Å². The number of hydrogen-bond donors (Lipinski definition) is 2. The van der Waals surface area contributed by atoms with Gasteiger partial charge in [-0.05, 0) is 88.2 Å². The first kappa shape index (κ1) is 25.5. The fourth-order valence-corrected chi connectivity index (χ4v) is 6.46. The van der Waals surface area contributed by atoms with Gasteiger partial charge in [-0.3, -0.25) is 0 Å². The Kier molecular flexibility index (Phi) is 8.16. The second-order valence-electron chi connectivity index (χ2n) is 10.8. The zero-order valence-corrected chi connectivity index (χ0v) is 23.0. The van der Waals surface area contributed by atoms with E-state index in [1.165, 1.54) is 56.9 Å². The Morgan fingerprint density at radius 1 is 0.972 bits per heavy atom. The average molecular weight is 527 g/mol. The van der Waals surface area contributed by atoms with E-state index in [0.717, 1.165) is 55.7 Å². The van der Waals surface area contributed by atoms with E-state index >= 15 is 0 Å². The topological polar surface area (TPSA) is 56.3 Å². The predicted octanol–water partition coefficient (Wildman–Crippen LogP) is 6.30. The van der Waals surface area contributed by atoms with Crippen molar-refractivity contribution in [1.29, 1.82) is 0 Å². The number of nitrogens with one attached hydrogen (secondary N) is 2. The molecule has 2 saturated heterocycles. The summed E-state index contributed by atoms with van der Waals surface area (Å²) in [6.07, 6.45) is 12.2. The van der Waals surface area contributed by atoms with Crippen molar-refractivity contribution in [1.82, 2.24) is 15.3 Å². The highest BCUT2D eigenvalue weighted by Gasteiger charge is 2.35. The molecule has 2 aromatic rings. The third-order valence-corrected chi connectivity index (χ3v) is 8.80. The zero-order chi connectivity index (χ0) is 25.0. The van der Waals surface area contributed by atoms with E-state index in [2.05, 4.69) is 45.6 Å². The van der Waals surface area contributed by atoms with Crippen molar-refractivity contribution < 1.29 is 0 Å². The molecule has 1 aliphatic carbocycles. The lowest BCUT2D eigenvalue weighted by Crippen LogP contribution is -2.41. The summed E-state index contributed by atoms with van der Waals surface area (Å²) < 4.78 is 0. The summed E-state index contributed by atoms with van der Waals surface area (Å²) in [5.41, 5.74) is 1.42. The summed E-state index contributed by atoms with van der Waals surface area (Å²) in [5.74, 6) is 2.61. The van der Waals surface area contributed by atoms with Gasteiger partial charge in [0.05, 0.1) is 0 Å². The molecule has 0 radical (unpaired) electrons. The van der Waals surface area contributed by atoms with Gasteiger partial charge < -0.3 is 20.4 Å². The third kappa shape index (κ3) is 5.88. The Bertz CT molecular complexity index is 1030. The molecule has 6 nitrogen and oxygen atoms in total. The number of aromatic nitrogens is 2. The van der Waals surface area contributed by atoms with Gasteiger partial charge in [-0.2, -0.15) is 9.97 Å². The molecule has 194 valence electrons. The van der Waals surface area contributed by atoms with Crippen molar-refractivity contribution in [3.63, 3.8) is 0 Å². The molecule has 0 spiro atoms. The summed E-state index contributed by atoms with van der Waals surface area (Å²) in [6.45, 7) is 6.25. The molecule has 3 fully saturated rings. The molecule has 8 heteroatoms. The highest BCUT2D eigenvalue weighted by Crippen LogP contribution is 2.41. The highest BCUT2D eigenvalue weighted by atomic mass is 35.5. The Labute approximate surface area is 226 Å². The lowest BCUT2D eigenvalue weighted by molar-refractivity contribution is 0.435. The van der Waals surface area contributed by atoms with Gasteiger partial charge in [-0.15, -0.1) is 0 Å². The Hall–Kier alpha value is -2.12. The van der Waals surface area contributed by atoms with Crippen LogP contribution in [0.3, 0.4) is 0 Å². The Morgan fingerprint density at radius 3 is 2.39 bits per heavy atom. The molecule has 1 aromatic heterocycles. The van der Waals surface area contributed by atoms with E-state index < -0.39 is 0 Å². The van der Waals surface area contributed by atoms with Gasteiger partial charge in [0.1, 0.15) is 11.6 Å². The van der Waals surface area contributed by atoms with E-state index in [-0.39, 0.29) is 5.41 Å². The summed E-state index contributed by atoms with van der Waals surface area (Å²) in [4.78, 5) is 14.7. The molecule has 1 saturated carbocycles. The number of thiocarbonyl (C=S) groups is 1. The Balaban J connectivity index is 1.32. The largest absolute Gasteiger partial charge is 0.361 e. The minimum Gasteiger partial charge on any atom is -0.361 e. The number of halogens is 1. The normalized spacial score (nSPS) is 21.9. The first-order valence-corrected chi connectivity index (χ1v) is 14.5. The van der Waals surface area contributed by atoms with Gasteiger partial charge >= 0.3 is 0 Å². The molecule has 3 heterocycles. The van der Waals surface area contributed by atoms with Crippen molar-refractivity contribution in [2.24, 2.45) is 0 Å². The number of nitrogens with zero attached hydrogens (tertiary/aromatic N) is 4. The van der Waals surface area contributed by atoms with Crippen LogP contribution in [0.4, 0.5) is 17.6 Å². The van der Waals surface area contributed by atoms with Crippen LogP contribution in [0.5, 0.6) is 0 Å². The predicted molar refractivity (Wildman–Crippen MR) is 155 cm³/mol. The van der Waals surface area contributed by atoms with Crippen molar-refractivity contribution in [3.05, 3.63) is 40.9 Å². The molecule has 2 aliphatic heterocycles. The molecule has 0 bridgehead atoms. The van der Waals surface area contributed by atoms with Gasteiger partial charge in [0.15, 0.2) is 5.11 Å². The van der Waals surface area contributed by atoms with E-state index in [1.54, 1.807) is 0 Å². The first-order valence-electron chi connectivity index (χ1n) is 13.7. The molecule has 0 amide bonds. The van der Waals surface area contributed by atoms with Crippen molar-refractivity contribution in [2.75, 3.05) is 41.3 Å². The summed E-state index contributed by atoms with van der Waals surface area (Å²) in [7, 11) is 0. The molecule has 1 unspecified atom stereocenters. The summed E-state index contributed by atoms with van der Waals surface area (Å²) in [6, 6.07) is 11.0. The molecular formula is C28H39ClN6S. The maximum Gasteiger partial charge on any atom is 0.232 e. The number of piperidine rings is 2. The SMILES string of the molecule is CC1CCCCN1c1cc(N2CCCCC2)nc(NC(=S)NCC2(c3ccc(Cl)cc3)CCCC2)n1. The quantitative estimate of drug-likeness (QED) is 0.428. The maximum atomic E-state index is 6.16. The van der Waals surface area contributed by atoms with E-state index in [4.69, 9.17) is 33.8 Å². The monoisotopic (exact) mass is 526 g/mol. The molecule has 1 aromatic carbocycles. The van der Waals surface area contributed by atoms with Crippen molar-refractivity contribution in [2.45, 2.75) is 82.6 Å². The maximum absolute atomic E-state index is 6.16. The van der Waals surface area contributed by atoms with Crippen LogP contribution in [0, 0.1) is 0 Å². The van der Waals surface area contributed by atoms with Gasteiger partial charge in [0, 0.05) is 48.7 Å². The smallest absolute Gasteiger partial charge is 0.232 e. The zero-order valence-electron chi connectivity index (χ0n) is 21.4. The molecule has 1 atom stereocenters. The number of benzene rings is 1. The molecule has 5 rings (SSSR count). The lowest BCUT2D eigenvalue weighted by atomic mass is 9.79. The standard InChI is InChI=1S/C28H39ClN6S/c1-21-9-3-8-18-35(21)25-19-24(34-16-6-2-7-17-34)31-26(32-25)33-27(36)30-20-28(14-4-5-15-28)22-10-12-23(29)13-11-22/h10-13,19,21H,2-9,14-18,20H2,1H3,(H2,30,31,32,33,36). The second-order valence-corrected chi connectivity index (χ2v) is 11.6. The van der Waals surface area contributed by atoms with Gasteiger partial charge in [-0.1, -0.05) is 36.6 Å². The molecule has 3 aliphatic rings. The van der Waals surface area contributed by atoms with Gasteiger partial charge in [0.25, 0.3) is 0 Å². The van der Waals surface area contributed by atoms with Crippen LogP contribution in [0.2, 0.25) is 5.02 Å². The minimum absolute atomic E-state index is 0.0846. The summed E-state index contributed by atoms with van der Waals surface area (Å²) >= 11 is 11.9. The van der Waals surface area contributed by atoms with E-state index in [0.29, 0.717) is 17.1 Å². The van der Waals surface area contributed by atoms with Gasteiger partial charge in [-0.25, -0.2) is 0 Å². The molecule has 36 heavy (non-hydrogen) atoms. The van der Waals surface area contributed by atoms with Crippen molar-refractivity contribution in [3.8, 4) is 0 Å². The fourth-order valence-electron chi connectivity index (χ4n) is 6.17. The van der Waals surface area contributed by atoms with E-state index in [1.807, 2.05) is 12.1 Å². The van der Waals surface area contributed by atoms with Crippen LogP contribution in [0.25, 0.3) is 0 Å². The molecular weight excluding hydrogens is 488 g/mol.